The van der Waals surface area contributed by atoms with Crippen molar-refractivity contribution in [2.24, 2.45) is 17.6 Å². The quantitative estimate of drug-likeness (QED) is 0.786. The highest BCUT2D eigenvalue weighted by molar-refractivity contribution is 7.91. The van der Waals surface area contributed by atoms with Crippen molar-refractivity contribution < 1.29 is 17.9 Å². The molecule has 1 saturated heterocycles. The molecule has 3 rings (SSSR count). The molecule has 7 nitrogen and oxygen atoms in total. The first-order chi connectivity index (χ1) is 10.4. The number of carbonyl (C=O) groups excluding carboxylic acids is 1. The number of hydrogen-bond acceptors (Lipinski definition) is 7. The van der Waals surface area contributed by atoms with Crippen LogP contribution >= 0.6 is 23.7 Å². The van der Waals surface area contributed by atoms with Crippen LogP contribution in [0.4, 0.5) is 0 Å². The monoisotopic (exact) mass is 381 g/mol. The molecule has 1 aromatic heterocycles. The standard InChI is InChI=1S/C13H19N3O4S2.ClH/c1-20-12(17)11-13(21-7-15-11)22(18,19)16-5-8-3-2-4-10(14)9(8)6-16;/h7-10H,2-6,14H2,1H3;1H. The minimum atomic E-state index is -3.73. The molecule has 0 bridgehead atoms. The Morgan fingerprint density at radius 2 is 2.17 bits per heavy atom. The molecule has 0 amide bonds. The van der Waals surface area contributed by atoms with E-state index in [-0.39, 0.29) is 34.3 Å². The van der Waals surface area contributed by atoms with Gasteiger partial charge < -0.3 is 10.5 Å². The highest BCUT2D eigenvalue weighted by Gasteiger charge is 2.44. The Bertz CT molecular complexity index is 679. The number of fused-ring (bicyclic) bond motifs is 1. The molecule has 23 heavy (non-hydrogen) atoms. The minimum absolute atomic E-state index is 0. The van der Waals surface area contributed by atoms with Crippen LogP contribution in [0.15, 0.2) is 9.72 Å². The molecule has 0 radical (unpaired) electrons. The van der Waals surface area contributed by atoms with Gasteiger partial charge in [0.2, 0.25) is 0 Å². The fourth-order valence-corrected chi connectivity index (χ4v) is 6.24. The summed E-state index contributed by atoms with van der Waals surface area (Å²) >= 11 is 0.948. The lowest BCUT2D eigenvalue weighted by Crippen LogP contribution is -2.38. The lowest BCUT2D eigenvalue weighted by Gasteiger charge is -2.29. The second-order valence-electron chi connectivity index (χ2n) is 5.82. The van der Waals surface area contributed by atoms with Gasteiger partial charge in [-0.05, 0) is 24.7 Å². The summed E-state index contributed by atoms with van der Waals surface area (Å²) in [6, 6.07) is 0.0560. The number of ether oxygens (including phenoxy) is 1. The van der Waals surface area contributed by atoms with E-state index in [1.165, 1.54) is 16.9 Å². The van der Waals surface area contributed by atoms with Crippen LogP contribution < -0.4 is 5.73 Å². The zero-order valence-corrected chi connectivity index (χ0v) is 15.1. The SMILES string of the molecule is COC(=O)c1ncsc1S(=O)(=O)N1CC2CCCC(N)C2C1.Cl. The van der Waals surface area contributed by atoms with Gasteiger partial charge in [-0.25, -0.2) is 18.2 Å². The van der Waals surface area contributed by atoms with Crippen molar-refractivity contribution in [2.75, 3.05) is 20.2 Å². The molecule has 3 atom stereocenters. The number of hydrogen-bond donors (Lipinski definition) is 1. The van der Waals surface area contributed by atoms with Crippen LogP contribution in [0.25, 0.3) is 0 Å². The molecule has 0 aromatic carbocycles. The van der Waals surface area contributed by atoms with Crippen LogP contribution in [-0.2, 0) is 14.8 Å². The Labute approximate surface area is 145 Å². The third-order valence-corrected chi connectivity index (χ3v) is 7.79. The second-order valence-corrected chi connectivity index (χ2v) is 8.81. The lowest BCUT2D eigenvalue weighted by atomic mass is 9.78. The molecule has 2 aliphatic rings. The normalized spacial score (nSPS) is 28.0. The summed E-state index contributed by atoms with van der Waals surface area (Å²) in [5.41, 5.74) is 7.36. The summed E-state index contributed by atoms with van der Waals surface area (Å²) < 4.78 is 31.7. The van der Waals surface area contributed by atoms with Gasteiger partial charge in [-0.3, -0.25) is 0 Å². The fraction of sp³-hybridized carbons (Fsp3) is 0.692. The molecular formula is C13H20ClN3O4S2. The van der Waals surface area contributed by atoms with Crippen molar-refractivity contribution in [3.05, 3.63) is 11.2 Å². The molecule has 1 saturated carbocycles. The Kier molecular flexibility index (Phi) is 5.68. The number of esters is 1. The van der Waals surface area contributed by atoms with Crippen LogP contribution in [0.1, 0.15) is 29.8 Å². The summed E-state index contributed by atoms with van der Waals surface area (Å²) in [7, 11) is -2.52. The van der Waals surface area contributed by atoms with Crippen molar-refractivity contribution >= 4 is 39.7 Å². The number of aromatic nitrogens is 1. The number of methoxy groups -OCH3 is 1. The van der Waals surface area contributed by atoms with Crippen LogP contribution in [0.3, 0.4) is 0 Å². The average molecular weight is 382 g/mol. The van der Waals surface area contributed by atoms with Gasteiger partial charge in [0, 0.05) is 19.1 Å². The molecule has 1 aliphatic carbocycles. The van der Waals surface area contributed by atoms with E-state index in [2.05, 4.69) is 9.72 Å². The van der Waals surface area contributed by atoms with E-state index in [1.54, 1.807) is 0 Å². The molecular weight excluding hydrogens is 362 g/mol. The maximum absolute atomic E-state index is 12.8. The van der Waals surface area contributed by atoms with Gasteiger partial charge in [0.25, 0.3) is 10.0 Å². The van der Waals surface area contributed by atoms with Gasteiger partial charge in [-0.15, -0.1) is 23.7 Å². The zero-order chi connectivity index (χ0) is 15.9. The van der Waals surface area contributed by atoms with Gasteiger partial charge in [0.1, 0.15) is 0 Å². The molecule has 2 fully saturated rings. The maximum Gasteiger partial charge on any atom is 0.358 e. The van der Waals surface area contributed by atoms with Gasteiger partial charge in [-0.2, -0.15) is 4.31 Å². The van der Waals surface area contributed by atoms with Crippen molar-refractivity contribution in [3.63, 3.8) is 0 Å². The fourth-order valence-electron chi connectivity index (χ4n) is 3.44. The van der Waals surface area contributed by atoms with E-state index in [0.29, 0.717) is 19.0 Å². The first-order valence-electron chi connectivity index (χ1n) is 7.22. The maximum atomic E-state index is 12.8. The van der Waals surface area contributed by atoms with Gasteiger partial charge in [-0.1, -0.05) is 6.42 Å². The number of nitrogens with zero attached hydrogens (tertiary/aromatic N) is 2. The molecule has 3 unspecified atom stereocenters. The number of halogens is 1. The van der Waals surface area contributed by atoms with E-state index in [1.807, 2.05) is 0 Å². The van der Waals surface area contributed by atoms with Gasteiger partial charge >= 0.3 is 5.97 Å². The molecule has 1 aromatic rings. The number of thiazole rings is 1. The molecule has 2 N–H and O–H groups in total. The predicted octanol–water partition coefficient (Wildman–Crippen LogP) is 1.10. The Hall–Kier alpha value is -0.740. The topological polar surface area (TPSA) is 103 Å². The smallest absolute Gasteiger partial charge is 0.358 e. The first-order valence-corrected chi connectivity index (χ1v) is 9.54. The molecule has 10 heteroatoms. The lowest BCUT2D eigenvalue weighted by molar-refractivity contribution is 0.0590. The van der Waals surface area contributed by atoms with E-state index in [9.17, 15) is 13.2 Å². The summed E-state index contributed by atoms with van der Waals surface area (Å²) in [6.07, 6.45) is 3.00. The van der Waals surface area contributed by atoms with Crippen molar-refractivity contribution in [3.8, 4) is 0 Å². The predicted molar refractivity (Wildman–Crippen MR) is 88.3 cm³/mol. The van der Waals surface area contributed by atoms with Crippen LogP contribution in [0.5, 0.6) is 0 Å². The molecule has 2 heterocycles. The largest absolute Gasteiger partial charge is 0.464 e. The van der Waals surface area contributed by atoms with Crippen LogP contribution in [0, 0.1) is 11.8 Å². The zero-order valence-electron chi connectivity index (χ0n) is 12.7. The molecule has 0 spiro atoms. The second kappa shape index (κ2) is 7.02. The number of rotatable bonds is 3. The van der Waals surface area contributed by atoms with Gasteiger partial charge in [0.05, 0.1) is 12.6 Å². The number of carbonyl (C=O) groups is 1. The van der Waals surface area contributed by atoms with E-state index in [0.717, 1.165) is 30.6 Å². The highest BCUT2D eigenvalue weighted by Crippen LogP contribution is 2.38. The minimum Gasteiger partial charge on any atom is -0.464 e. The third-order valence-electron chi connectivity index (χ3n) is 4.61. The van der Waals surface area contributed by atoms with Crippen molar-refractivity contribution in [1.29, 1.82) is 0 Å². The van der Waals surface area contributed by atoms with E-state index in [4.69, 9.17) is 5.73 Å². The van der Waals surface area contributed by atoms with Crippen molar-refractivity contribution in [1.82, 2.24) is 9.29 Å². The van der Waals surface area contributed by atoms with E-state index < -0.39 is 16.0 Å². The molecule has 130 valence electrons. The number of nitrogens with two attached hydrogens (primary N) is 1. The molecule has 1 aliphatic heterocycles. The first kappa shape index (κ1) is 18.6. The van der Waals surface area contributed by atoms with E-state index >= 15 is 0 Å². The van der Waals surface area contributed by atoms with Crippen LogP contribution in [0.2, 0.25) is 0 Å². The summed E-state index contributed by atoms with van der Waals surface area (Å²) in [5.74, 6) is -0.209. The average Bonchev–Trinajstić information content (AvgIpc) is 3.14. The summed E-state index contributed by atoms with van der Waals surface area (Å²) in [6.45, 7) is 0.895. The third kappa shape index (κ3) is 3.25. The van der Waals surface area contributed by atoms with Gasteiger partial charge in [0.15, 0.2) is 9.90 Å². The number of sulfonamides is 1. The summed E-state index contributed by atoms with van der Waals surface area (Å²) in [5, 5.41) is 0. The Morgan fingerprint density at radius 1 is 1.43 bits per heavy atom. The van der Waals surface area contributed by atoms with Crippen molar-refractivity contribution in [2.45, 2.75) is 29.5 Å². The highest BCUT2D eigenvalue weighted by atomic mass is 35.5. The van der Waals surface area contributed by atoms with Crippen LogP contribution in [-0.4, -0.2) is 49.9 Å². The summed E-state index contributed by atoms with van der Waals surface area (Å²) in [4.78, 5) is 15.5. The Balaban J connectivity index is 0.00000192. The Morgan fingerprint density at radius 3 is 2.83 bits per heavy atom.